The van der Waals surface area contributed by atoms with Crippen molar-refractivity contribution >= 4 is 56.0 Å². The van der Waals surface area contributed by atoms with Crippen molar-refractivity contribution in [3.05, 3.63) is 77.8 Å². The van der Waals surface area contributed by atoms with Crippen LogP contribution in [-0.4, -0.2) is 20.1 Å². The van der Waals surface area contributed by atoms with E-state index in [0.29, 0.717) is 11.4 Å². The van der Waals surface area contributed by atoms with E-state index in [1.807, 2.05) is 0 Å². The number of anilines is 3. The predicted molar refractivity (Wildman–Crippen MR) is 122 cm³/mol. The quantitative estimate of drug-likeness (QED) is 0.382. The Morgan fingerprint density at radius 3 is 2.29 bits per heavy atom. The monoisotopic (exact) mass is 483 g/mol. The van der Waals surface area contributed by atoms with Gasteiger partial charge in [0.15, 0.2) is 5.11 Å². The fourth-order valence-electron chi connectivity index (χ4n) is 2.50. The summed E-state index contributed by atoms with van der Waals surface area (Å²) in [5.41, 5.74) is 1.22. The van der Waals surface area contributed by atoms with Gasteiger partial charge in [0.2, 0.25) is 0 Å². The highest BCUT2D eigenvalue weighted by molar-refractivity contribution is 7.92. The van der Waals surface area contributed by atoms with Crippen molar-refractivity contribution in [2.45, 2.75) is 11.5 Å². The number of sulfonamides is 1. The van der Waals surface area contributed by atoms with Crippen LogP contribution < -0.4 is 20.1 Å². The van der Waals surface area contributed by atoms with Gasteiger partial charge in [-0.15, -0.1) is 0 Å². The van der Waals surface area contributed by atoms with Gasteiger partial charge < -0.3 is 15.4 Å². The first-order valence-electron chi connectivity index (χ1n) is 8.73. The number of hydrogen-bond donors (Lipinski definition) is 3. The molecule has 0 aliphatic heterocycles. The molecule has 0 saturated heterocycles. The molecule has 3 aromatic rings. The molecule has 0 heterocycles. The van der Waals surface area contributed by atoms with E-state index in [9.17, 15) is 17.2 Å². The van der Waals surface area contributed by atoms with E-state index in [0.717, 1.165) is 0 Å². The third kappa shape index (κ3) is 6.51. The minimum atomic E-state index is -3.88. The van der Waals surface area contributed by atoms with Crippen molar-refractivity contribution in [3.63, 3.8) is 0 Å². The summed E-state index contributed by atoms with van der Waals surface area (Å²) in [6.45, 7) is -2.91. The molecule has 0 aliphatic carbocycles. The number of hydrogen-bond acceptors (Lipinski definition) is 4. The normalized spacial score (nSPS) is 11.1. The lowest BCUT2D eigenvalue weighted by molar-refractivity contribution is -0.0498. The van der Waals surface area contributed by atoms with Crippen molar-refractivity contribution in [3.8, 4) is 5.75 Å². The molecule has 0 aliphatic rings. The Bertz CT molecular complexity index is 1180. The van der Waals surface area contributed by atoms with E-state index < -0.39 is 16.6 Å². The molecule has 0 bridgehead atoms. The summed E-state index contributed by atoms with van der Waals surface area (Å²) in [7, 11) is -3.88. The van der Waals surface area contributed by atoms with Crippen molar-refractivity contribution in [1.29, 1.82) is 0 Å². The molecule has 3 aromatic carbocycles. The van der Waals surface area contributed by atoms with Gasteiger partial charge in [0.25, 0.3) is 10.0 Å². The van der Waals surface area contributed by atoms with Crippen LogP contribution in [0.1, 0.15) is 0 Å². The average molecular weight is 484 g/mol. The van der Waals surface area contributed by atoms with Gasteiger partial charge in [-0.05, 0) is 66.8 Å². The molecule has 0 unspecified atom stereocenters. The number of rotatable bonds is 7. The van der Waals surface area contributed by atoms with Gasteiger partial charge in [-0.1, -0.05) is 29.8 Å². The molecule has 11 heteroatoms. The van der Waals surface area contributed by atoms with Crippen LogP contribution in [0.4, 0.5) is 25.8 Å². The molecule has 0 aromatic heterocycles. The van der Waals surface area contributed by atoms with Crippen LogP contribution in [0.25, 0.3) is 0 Å². The van der Waals surface area contributed by atoms with Crippen molar-refractivity contribution < 1.29 is 21.9 Å². The summed E-state index contributed by atoms with van der Waals surface area (Å²) in [5.74, 6) is 0.0170. The Labute approximate surface area is 188 Å². The molecule has 162 valence electrons. The lowest BCUT2D eigenvalue weighted by Gasteiger charge is -2.13. The zero-order chi connectivity index (χ0) is 22.4. The fraction of sp³-hybridized carbons (Fsp3) is 0.0500. The van der Waals surface area contributed by atoms with E-state index in [1.54, 1.807) is 36.4 Å². The molecular formula is C20H16ClF2N3O3S2. The zero-order valence-electron chi connectivity index (χ0n) is 15.7. The molecule has 0 saturated carbocycles. The first kappa shape index (κ1) is 22.7. The number of nitrogens with one attached hydrogen (secondary N) is 3. The molecule has 6 nitrogen and oxygen atoms in total. The standard InChI is InChI=1S/C20H16ClF2N3O3S2/c21-17-6-1-2-7-18(17)26-31(27,28)16-5-3-4-14(12-16)25-20(30)24-13-8-10-15(11-9-13)29-19(22)23/h1-12,19,26H,(H2,24,25,30). The molecule has 0 radical (unpaired) electrons. The van der Waals surface area contributed by atoms with Gasteiger partial charge in [-0.2, -0.15) is 8.78 Å². The lowest BCUT2D eigenvalue weighted by Crippen LogP contribution is -2.19. The summed E-state index contributed by atoms with van der Waals surface area (Å²) in [6.07, 6.45) is 0. The molecule has 0 spiro atoms. The molecule has 0 atom stereocenters. The number of thiocarbonyl (C=S) groups is 1. The Morgan fingerprint density at radius 2 is 1.61 bits per heavy atom. The van der Waals surface area contributed by atoms with Crippen LogP contribution >= 0.6 is 23.8 Å². The Kier molecular flexibility index (Phi) is 7.26. The van der Waals surface area contributed by atoms with E-state index in [4.69, 9.17) is 23.8 Å². The summed E-state index contributed by atoms with van der Waals surface area (Å²) in [5, 5.41) is 6.20. The van der Waals surface area contributed by atoms with Crippen molar-refractivity contribution in [1.82, 2.24) is 0 Å². The third-order valence-corrected chi connectivity index (χ3v) is 5.75. The number of para-hydroxylation sites is 1. The Balaban J connectivity index is 1.67. The summed E-state index contributed by atoms with van der Waals surface area (Å²) >= 11 is 11.2. The van der Waals surface area contributed by atoms with Crippen LogP contribution in [0.15, 0.2) is 77.7 Å². The molecule has 3 rings (SSSR count). The second kappa shape index (κ2) is 9.90. The van der Waals surface area contributed by atoms with E-state index in [-0.39, 0.29) is 26.5 Å². The number of halogens is 3. The van der Waals surface area contributed by atoms with Crippen LogP contribution in [-0.2, 0) is 10.0 Å². The smallest absolute Gasteiger partial charge is 0.387 e. The van der Waals surface area contributed by atoms with Crippen molar-refractivity contribution in [2.75, 3.05) is 15.4 Å². The SMILES string of the molecule is O=S(=O)(Nc1ccccc1Cl)c1cccc(NC(=S)Nc2ccc(OC(F)F)cc2)c1. The maximum absolute atomic E-state index is 12.7. The van der Waals surface area contributed by atoms with Gasteiger partial charge in [0.1, 0.15) is 5.75 Å². The van der Waals surface area contributed by atoms with Crippen LogP contribution in [0.2, 0.25) is 5.02 Å². The van der Waals surface area contributed by atoms with Gasteiger partial charge >= 0.3 is 6.61 Å². The highest BCUT2D eigenvalue weighted by Crippen LogP contribution is 2.25. The number of alkyl halides is 2. The summed E-state index contributed by atoms with van der Waals surface area (Å²) in [4.78, 5) is 0.00807. The zero-order valence-corrected chi connectivity index (χ0v) is 18.1. The molecule has 0 fully saturated rings. The molecule has 31 heavy (non-hydrogen) atoms. The Hall–Kier alpha value is -2.95. The highest BCUT2D eigenvalue weighted by Gasteiger charge is 2.16. The summed E-state index contributed by atoms with van der Waals surface area (Å²) < 4.78 is 56.5. The minimum Gasteiger partial charge on any atom is -0.435 e. The molecule has 3 N–H and O–H groups in total. The maximum atomic E-state index is 12.7. The fourth-order valence-corrected chi connectivity index (χ4v) is 4.10. The average Bonchev–Trinajstić information content (AvgIpc) is 2.71. The van der Waals surface area contributed by atoms with Crippen LogP contribution in [0.5, 0.6) is 5.75 Å². The lowest BCUT2D eigenvalue weighted by atomic mass is 10.3. The largest absolute Gasteiger partial charge is 0.435 e. The van der Waals surface area contributed by atoms with Crippen molar-refractivity contribution in [2.24, 2.45) is 0 Å². The van der Waals surface area contributed by atoms with Gasteiger partial charge in [0.05, 0.1) is 15.6 Å². The second-order valence-electron chi connectivity index (χ2n) is 6.10. The van der Waals surface area contributed by atoms with Crippen LogP contribution in [0.3, 0.4) is 0 Å². The number of ether oxygens (including phenoxy) is 1. The minimum absolute atomic E-state index is 0.00807. The maximum Gasteiger partial charge on any atom is 0.387 e. The molecule has 0 amide bonds. The first-order valence-corrected chi connectivity index (χ1v) is 11.0. The Morgan fingerprint density at radius 1 is 0.935 bits per heavy atom. The van der Waals surface area contributed by atoms with E-state index in [1.165, 1.54) is 36.4 Å². The second-order valence-corrected chi connectivity index (χ2v) is 8.59. The number of benzene rings is 3. The topological polar surface area (TPSA) is 79.5 Å². The van der Waals surface area contributed by atoms with E-state index in [2.05, 4.69) is 20.1 Å². The first-order chi connectivity index (χ1) is 14.7. The van der Waals surface area contributed by atoms with Gasteiger partial charge in [-0.3, -0.25) is 4.72 Å². The van der Waals surface area contributed by atoms with Crippen LogP contribution in [0, 0.1) is 0 Å². The third-order valence-electron chi connectivity index (χ3n) is 3.86. The highest BCUT2D eigenvalue weighted by atomic mass is 35.5. The van der Waals surface area contributed by atoms with Gasteiger partial charge in [-0.25, -0.2) is 8.42 Å². The van der Waals surface area contributed by atoms with Gasteiger partial charge in [0, 0.05) is 11.4 Å². The predicted octanol–water partition coefficient (Wildman–Crippen LogP) is 5.55. The van der Waals surface area contributed by atoms with E-state index >= 15 is 0 Å². The molecular weight excluding hydrogens is 468 g/mol. The summed E-state index contributed by atoms with van der Waals surface area (Å²) in [6, 6.07) is 18.3.